The van der Waals surface area contributed by atoms with Gasteiger partial charge in [0, 0.05) is 17.1 Å². The number of methoxy groups -OCH3 is 1. The number of nitrogens with zero attached hydrogens (tertiary/aromatic N) is 2. The van der Waals surface area contributed by atoms with Crippen LogP contribution >= 0.6 is 15.9 Å². The Bertz CT molecular complexity index is 570. The van der Waals surface area contributed by atoms with E-state index in [2.05, 4.69) is 34.8 Å². The number of halogens is 1. The second-order valence-electron chi connectivity index (χ2n) is 4.59. The van der Waals surface area contributed by atoms with E-state index in [1.54, 1.807) is 7.11 Å². The average Bonchev–Trinajstić information content (AvgIpc) is 2.46. The van der Waals surface area contributed by atoms with Crippen LogP contribution in [0.5, 0.6) is 5.75 Å². The molecule has 0 radical (unpaired) electrons. The van der Waals surface area contributed by atoms with Crippen LogP contribution in [0.3, 0.4) is 0 Å². The summed E-state index contributed by atoms with van der Waals surface area (Å²) in [5.74, 6) is 1.87. The highest BCUT2D eigenvalue weighted by atomic mass is 79.9. The highest BCUT2D eigenvalue weighted by Crippen LogP contribution is 2.29. The van der Waals surface area contributed by atoms with Crippen molar-refractivity contribution in [2.45, 2.75) is 25.1 Å². The molecule has 0 aliphatic heterocycles. The first-order valence-corrected chi connectivity index (χ1v) is 7.34. The quantitative estimate of drug-likeness (QED) is 0.793. The minimum atomic E-state index is 0.365. The second kappa shape index (κ2) is 6.15. The molecule has 0 atom stereocenters. The topological polar surface area (TPSA) is 35.0 Å². The first-order chi connectivity index (χ1) is 9.17. The minimum Gasteiger partial charge on any atom is -0.496 e. The summed E-state index contributed by atoms with van der Waals surface area (Å²) in [7, 11) is 1.66. The lowest BCUT2D eigenvalue weighted by atomic mass is 10.1. The van der Waals surface area contributed by atoms with Crippen LogP contribution in [0, 0.1) is 0 Å². The summed E-state index contributed by atoms with van der Waals surface area (Å²) in [6.45, 7) is 4.28. The second-order valence-corrected chi connectivity index (χ2v) is 5.15. The maximum Gasteiger partial charge on any atom is 0.163 e. The largest absolute Gasteiger partial charge is 0.496 e. The third-order valence-corrected chi connectivity index (χ3v) is 3.54. The molecule has 4 heteroatoms. The van der Waals surface area contributed by atoms with Crippen molar-refractivity contribution in [2.24, 2.45) is 0 Å². The van der Waals surface area contributed by atoms with E-state index < -0.39 is 0 Å². The Morgan fingerprint density at radius 2 is 2.00 bits per heavy atom. The summed E-state index contributed by atoms with van der Waals surface area (Å²) in [5.41, 5.74) is 3.13. The van der Waals surface area contributed by atoms with E-state index in [0.717, 1.165) is 27.9 Å². The van der Waals surface area contributed by atoms with Gasteiger partial charge in [0.1, 0.15) is 5.75 Å². The third-order valence-electron chi connectivity index (χ3n) is 2.94. The molecule has 0 aliphatic rings. The van der Waals surface area contributed by atoms with Crippen molar-refractivity contribution in [1.82, 2.24) is 9.97 Å². The van der Waals surface area contributed by atoms with Crippen molar-refractivity contribution in [3.8, 4) is 17.1 Å². The van der Waals surface area contributed by atoms with Gasteiger partial charge in [0.25, 0.3) is 0 Å². The summed E-state index contributed by atoms with van der Waals surface area (Å²) >= 11 is 3.48. The fraction of sp³-hybridized carbons (Fsp3) is 0.333. The van der Waals surface area contributed by atoms with Crippen LogP contribution in [-0.4, -0.2) is 17.1 Å². The molecule has 1 heterocycles. The smallest absolute Gasteiger partial charge is 0.163 e. The molecular formula is C15H17BrN2O. The van der Waals surface area contributed by atoms with Crippen molar-refractivity contribution >= 4 is 15.9 Å². The zero-order valence-corrected chi connectivity index (χ0v) is 12.9. The van der Waals surface area contributed by atoms with Gasteiger partial charge in [-0.1, -0.05) is 41.9 Å². The summed E-state index contributed by atoms with van der Waals surface area (Å²) < 4.78 is 5.37. The van der Waals surface area contributed by atoms with E-state index in [0.29, 0.717) is 11.7 Å². The van der Waals surface area contributed by atoms with Crippen molar-refractivity contribution in [1.29, 1.82) is 0 Å². The van der Waals surface area contributed by atoms with Gasteiger partial charge in [-0.3, -0.25) is 0 Å². The highest BCUT2D eigenvalue weighted by Gasteiger charge is 2.13. The van der Waals surface area contributed by atoms with Gasteiger partial charge in [-0.15, -0.1) is 0 Å². The molecule has 19 heavy (non-hydrogen) atoms. The molecule has 0 saturated carbocycles. The number of hydrogen-bond donors (Lipinski definition) is 0. The van der Waals surface area contributed by atoms with E-state index in [9.17, 15) is 0 Å². The Balaban J connectivity index is 2.54. The Labute approximate surface area is 122 Å². The maximum absolute atomic E-state index is 5.37. The van der Waals surface area contributed by atoms with Gasteiger partial charge >= 0.3 is 0 Å². The number of hydrogen-bond acceptors (Lipinski definition) is 3. The molecule has 2 rings (SSSR count). The summed E-state index contributed by atoms with van der Waals surface area (Å²) in [6.07, 6.45) is 1.89. The minimum absolute atomic E-state index is 0.365. The van der Waals surface area contributed by atoms with Crippen LogP contribution in [0.15, 0.2) is 30.5 Å². The Morgan fingerprint density at radius 1 is 1.26 bits per heavy atom. The van der Waals surface area contributed by atoms with Gasteiger partial charge in [-0.05, 0) is 18.1 Å². The Morgan fingerprint density at radius 3 is 2.63 bits per heavy atom. The van der Waals surface area contributed by atoms with Gasteiger partial charge in [-0.25, -0.2) is 9.97 Å². The van der Waals surface area contributed by atoms with Gasteiger partial charge < -0.3 is 4.74 Å². The summed E-state index contributed by atoms with van der Waals surface area (Å²) in [5, 5.41) is 0.771. The van der Waals surface area contributed by atoms with Crippen molar-refractivity contribution in [3.05, 3.63) is 41.7 Å². The number of rotatable bonds is 4. The van der Waals surface area contributed by atoms with Gasteiger partial charge in [-0.2, -0.15) is 0 Å². The van der Waals surface area contributed by atoms with Gasteiger partial charge in [0.2, 0.25) is 0 Å². The van der Waals surface area contributed by atoms with Crippen LogP contribution in [0.2, 0.25) is 0 Å². The Kier molecular flexibility index (Phi) is 4.53. The third kappa shape index (κ3) is 2.95. The van der Waals surface area contributed by atoms with Gasteiger partial charge in [0.15, 0.2) is 5.82 Å². The maximum atomic E-state index is 5.37. The predicted molar refractivity (Wildman–Crippen MR) is 80.7 cm³/mol. The molecule has 100 valence electrons. The molecule has 0 spiro atoms. The van der Waals surface area contributed by atoms with E-state index in [4.69, 9.17) is 9.72 Å². The molecule has 0 aliphatic carbocycles. The van der Waals surface area contributed by atoms with Crippen molar-refractivity contribution in [2.75, 3.05) is 7.11 Å². The molecule has 3 nitrogen and oxygen atoms in total. The lowest BCUT2D eigenvalue weighted by Crippen LogP contribution is -2.03. The number of para-hydroxylation sites is 1. The zero-order valence-electron chi connectivity index (χ0n) is 11.4. The number of benzene rings is 1. The fourth-order valence-corrected chi connectivity index (χ4v) is 2.41. The number of alkyl halides is 1. The molecule has 1 aromatic carbocycles. The first kappa shape index (κ1) is 14.0. The molecular weight excluding hydrogens is 304 g/mol. The lowest BCUT2D eigenvalue weighted by Gasteiger charge is -2.12. The molecule has 0 saturated heterocycles. The predicted octanol–water partition coefficient (Wildman–Crippen LogP) is 4.17. The fourth-order valence-electron chi connectivity index (χ4n) is 1.98. The molecule has 0 fully saturated rings. The molecule has 2 aromatic rings. The molecule has 1 aromatic heterocycles. The normalized spacial score (nSPS) is 10.8. The van der Waals surface area contributed by atoms with Crippen LogP contribution in [0.1, 0.15) is 31.0 Å². The number of aromatic nitrogens is 2. The monoisotopic (exact) mass is 320 g/mol. The van der Waals surface area contributed by atoms with E-state index in [1.807, 2.05) is 30.5 Å². The molecule has 0 amide bonds. The van der Waals surface area contributed by atoms with E-state index in [-0.39, 0.29) is 0 Å². The van der Waals surface area contributed by atoms with Gasteiger partial charge in [0.05, 0.1) is 18.4 Å². The average molecular weight is 321 g/mol. The SMILES string of the molecule is COc1ccccc1-c1ncc(CBr)c(C(C)C)n1. The summed E-state index contributed by atoms with van der Waals surface area (Å²) in [6, 6.07) is 7.81. The highest BCUT2D eigenvalue weighted by molar-refractivity contribution is 9.08. The summed E-state index contributed by atoms with van der Waals surface area (Å²) in [4.78, 5) is 9.15. The Hall–Kier alpha value is -1.42. The molecule has 0 unspecified atom stereocenters. The standard InChI is InChI=1S/C15H17BrN2O/c1-10(2)14-11(8-16)9-17-15(18-14)12-6-4-5-7-13(12)19-3/h4-7,9-10H,8H2,1-3H3. The first-order valence-electron chi connectivity index (χ1n) is 6.22. The van der Waals surface area contributed by atoms with E-state index >= 15 is 0 Å². The lowest BCUT2D eigenvalue weighted by molar-refractivity contribution is 0.416. The van der Waals surface area contributed by atoms with Crippen LogP contribution < -0.4 is 4.74 Å². The van der Waals surface area contributed by atoms with Crippen LogP contribution in [0.25, 0.3) is 11.4 Å². The zero-order chi connectivity index (χ0) is 13.8. The number of ether oxygens (including phenoxy) is 1. The molecule has 0 bridgehead atoms. The van der Waals surface area contributed by atoms with Crippen LogP contribution in [0.4, 0.5) is 0 Å². The van der Waals surface area contributed by atoms with E-state index in [1.165, 1.54) is 0 Å². The van der Waals surface area contributed by atoms with Crippen molar-refractivity contribution < 1.29 is 4.74 Å². The van der Waals surface area contributed by atoms with Crippen molar-refractivity contribution in [3.63, 3.8) is 0 Å². The van der Waals surface area contributed by atoms with Crippen LogP contribution in [-0.2, 0) is 5.33 Å². The molecule has 0 N–H and O–H groups in total.